The Morgan fingerprint density at radius 3 is 2.69 bits per heavy atom. The second-order valence-electron chi connectivity index (χ2n) is 6.43. The molecule has 140 valence electrons. The molecule has 1 fully saturated rings. The van der Waals surface area contributed by atoms with E-state index >= 15 is 0 Å². The van der Waals surface area contributed by atoms with Crippen LogP contribution in [0.25, 0.3) is 11.2 Å². The van der Waals surface area contributed by atoms with Crippen LogP contribution in [0.1, 0.15) is 27.2 Å². The highest BCUT2D eigenvalue weighted by Gasteiger charge is 2.23. The van der Waals surface area contributed by atoms with Gasteiger partial charge in [0.15, 0.2) is 11.2 Å². The molecule has 1 N–H and O–H groups in total. The Morgan fingerprint density at radius 2 is 2.04 bits per heavy atom. The average Bonchev–Trinajstić information content (AvgIpc) is 3.03. The molecule has 0 aliphatic carbocycles. The summed E-state index contributed by atoms with van der Waals surface area (Å²) >= 11 is 0. The van der Waals surface area contributed by atoms with E-state index in [1.807, 2.05) is 18.4 Å². The minimum Gasteiger partial charge on any atom is -0.462 e. The van der Waals surface area contributed by atoms with Gasteiger partial charge in [-0.1, -0.05) is 12.8 Å². The van der Waals surface area contributed by atoms with Crippen LogP contribution in [0.4, 0.5) is 5.95 Å². The molecule has 8 nitrogen and oxygen atoms in total. The number of nitrogens with zero attached hydrogens (tertiary/aromatic N) is 5. The molecule has 0 saturated carbocycles. The van der Waals surface area contributed by atoms with Crippen molar-refractivity contribution in [2.75, 3.05) is 31.1 Å². The molecule has 1 unspecified atom stereocenters. The van der Waals surface area contributed by atoms with Crippen molar-refractivity contribution in [2.45, 2.75) is 39.8 Å². The molecule has 26 heavy (non-hydrogen) atoms. The molecule has 1 aliphatic heterocycles. The first-order valence-electron chi connectivity index (χ1n) is 9.06. The van der Waals surface area contributed by atoms with Crippen LogP contribution in [0.15, 0.2) is 4.79 Å². The third-order valence-electron chi connectivity index (χ3n) is 4.62. The zero-order chi connectivity index (χ0) is 18.7. The Balaban J connectivity index is 2.16. The molecule has 0 amide bonds. The van der Waals surface area contributed by atoms with Crippen molar-refractivity contribution in [3.8, 4) is 17.9 Å². The van der Waals surface area contributed by atoms with E-state index in [9.17, 15) is 4.79 Å². The van der Waals surface area contributed by atoms with Crippen molar-refractivity contribution in [1.82, 2.24) is 24.4 Å². The lowest BCUT2D eigenvalue weighted by Crippen LogP contribution is -2.44. The van der Waals surface area contributed by atoms with Crippen molar-refractivity contribution in [2.24, 2.45) is 7.05 Å². The Morgan fingerprint density at radius 1 is 1.31 bits per heavy atom. The lowest BCUT2D eigenvalue weighted by molar-refractivity contribution is 0.190. The summed E-state index contributed by atoms with van der Waals surface area (Å²) in [5, 5.41) is 3.33. The van der Waals surface area contributed by atoms with Gasteiger partial charge in [-0.15, -0.1) is 5.92 Å². The first kappa shape index (κ1) is 18.3. The first-order valence-corrected chi connectivity index (χ1v) is 9.06. The topological polar surface area (TPSA) is 77.2 Å². The van der Waals surface area contributed by atoms with E-state index in [1.54, 1.807) is 14.0 Å². The highest BCUT2D eigenvalue weighted by molar-refractivity contribution is 5.74. The zero-order valence-corrected chi connectivity index (χ0v) is 15.9. The Kier molecular flexibility index (Phi) is 5.47. The summed E-state index contributed by atoms with van der Waals surface area (Å²) in [7, 11) is 1.68. The Labute approximate surface area is 153 Å². The van der Waals surface area contributed by atoms with Gasteiger partial charge in [0.1, 0.15) is 0 Å². The summed E-state index contributed by atoms with van der Waals surface area (Å²) in [4.78, 5) is 24.4. The first-order chi connectivity index (χ1) is 12.6. The lowest BCUT2D eigenvalue weighted by Gasteiger charge is -2.28. The van der Waals surface area contributed by atoms with Gasteiger partial charge >= 0.3 is 6.01 Å². The highest BCUT2D eigenvalue weighted by atomic mass is 16.5. The summed E-state index contributed by atoms with van der Waals surface area (Å²) < 4.78 is 9.14. The van der Waals surface area contributed by atoms with Crippen molar-refractivity contribution >= 4 is 17.1 Å². The number of aromatic nitrogens is 4. The van der Waals surface area contributed by atoms with Gasteiger partial charge in [-0.2, -0.15) is 9.97 Å². The fraction of sp³-hybridized carbons (Fsp3) is 0.611. The average molecular weight is 358 g/mol. The SMILES string of the molecule is CC#CCn1c(N2CCNCC2)nc2nc(OC(C)CC)n(C)c(=O)c21. The maximum atomic E-state index is 13.0. The second kappa shape index (κ2) is 7.79. The van der Waals surface area contributed by atoms with E-state index in [0.717, 1.165) is 38.5 Å². The predicted molar refractivity (Wildman–Crippen MR) is 102 cm³/mol. The molecule has 1 saturated heterocycles. The van der Waals surface area contributed by atoms with E-state index in [-0.39, 0.29) is 11.7 Å². The maximum Gasteiger partial charge on any atom is 0.301 e. The smallest absolute Gasteiger partial charge is 0.301 e. The number of hydrogen-bond donors (Lipinski definition) is 1. The van der Waals surface area contributed by atoms with Gasteiger partial charge in [0.25, 0.3) is 5.56 Å². The molecule has 0 radical (unpaired) electrons. The van der Waals surface area contributed by atoms with Gasteiger partial charge in [-0.3, -0.25) is 13.9 Å². The van der Waals surface area contributed by atoms with E-state index < -0.39 is 0 Å². The molecule has 0 aromatic carbocycles. The molecule has 3 heterocycles. The molecule has 0 bridgehead atoms. The number of ether oxygens (including phenoxy) is 1. The van der Waals surface area contributed by atoms with Crippen LogP contribution in [-0.2, 0) is 13.6 Å². The van der Waals surface area contributed by atoms with Crippen LogP contribution in [0, 0.1) is 11.8 Å². The van der Waals surface area contributed by atoms with E-state index in [0.29, 0.717) is 23.7 Å². The molecule has 1 atom stereocenters. The summed E-state index contributed by atoms with van der Waals surface area (Å²) in [6.07, 6.45) is 0.812. The predicted octanol–water partition coefficient (Wildman–Crippen LogP) is 0.740. The number of nitrogens with one attached hydrogen (secondary N) is 1. The maximum absolute atomic E-state index is 13.0. The summed E-state index contributed by atoms with van der Waals surface area (Å²) in [6.45, 7) is 9.62. The summed E-state index contributed by atoms with van der Waals surface area (Å²) in [5.41, 5.74) is 0.721. The van der Waals surface area contributed by atoms with E-state index in [1.165, 1.54) is 4.57 Å². The summed E-state index contributed by atoms with van der Waals surface area (Å²) in [6, 6.07) is 0.301. The van der Waals surface area contributed by atoms with Crippen molar-refractivity contribution < 1.29 is 4.74 Å². The van der Waals surface area contributed by atoms with Crippen molar-refractivity contribution in [3.63, 3.8) is 0 Å². The second-order valence-corrected chi connectivity index (χ2v) is 6.43. The number of hydrogen-bond acceptors (Lipinski definition) is 6. The van der Waals surface area contributed by atoms with E-state index in [4.69, 9.17) is 4.74 Å². The molecular formula is C18H26N6O2. The molecule has 3 rings (SSSR count). The molecule has 2 aromatic rings. The minimum absolute atomic E-state index is 0.0220. The highest BCUT2D eigenvalue weighted by Crippen LogP contribution is 2.21. The van der Waals surface area contributed by atoms with Gasteiger partial charge in [-0.25, -0.2) is 0 Å². The fourth-order valence-corrected chi connectivity index (χ4v) is 2.91. The molecule has 2 aromatic heterocycles. The van der Waals surface area contributed by atoms with Gasteiger partial charge in [0.2, 0.25) is 5.95 Å². The monoisotopic (exact) mass is 358 g/mol. The number of rotatable bonds is 5. The van der Waals surface area contributed by atoms with Crippen LogP contribution < -0.4 is 20.5 Å². The molecule has 1 aliphatic rings. The van der Waals surface area contributed by atoms with Crippen LogP contribution in [-0.4, -0.2) is 51.4 Å². The molecular weight excluding hydrogens is 332 g/mol. The van der Waals surface area contributed by atoms with Gasteiger partial charge in [0, 0.05) is 33.2 Å². The Hall–Kier alpha value is -2.53. The molecule has 8 heteroatoms. The summed E-state index contributed by atoms with van der Waals surface area (Å²) in [5.74, 6) is 6.69. The van der Waals surface area contributed by atoms with E-state index in [2.05, 4.69) is 32.0 Å². The fourth-order valence-electron chi connectivity index (χ4n) is 2.91. The quantitative estimate of drug-likeness (QED) is 0.795. The molecule has 0 spiro atoms. The third-order valence-corrected chi connectivity index (χ3v) is 4.62. The van der Waals surface area contributed by atoms with Crippen molar-refractivity contribution in [1.29, 1.82) is 0 Å². The Bertz CT molecular complexity index is 898. The minimum atomic E-state index is -0.167. The number of imidazole rings is 1. The standard InChI is InChI=1S/C18H26N6O2/c1-5-7-10-24-14-15(20-17(24)23-11-8-19-9-12-23)21-18(22(4)16(14)25)26-13(3)6-2/h13,19H,6,8-12H2,1-4H3. The van der Waals surface area contributed by atoms with Gasteiger partial charge in [-0.05, 0) is 20.3 Å². The van der Waals surface area contributed by atoms with Gasteiger partial charge in [0.05, 0.1) is 12.6 Å². The van der Waals surface area contributed by atoms with Gasteiger partial charge < -0.3 is 15.0 Å². The zero-order valence-electron chi connectivity index (χ0n) is 15.9. The normalized spacial score (nSPS) is 15.6. The number of anilines is 1. The van der Waals surface area contributed by atoms with Crippen LogP contribution in [0.3, 0.4) is 0 Å². The van der Waals surface area contributed by atoms with Crippen molar-refractivity contribution in [3.05, 3.63) is 10.4 Å². The third kappa shape index (κ3) is 3.40. The number of piperazine rings is 1. The van der Waals surface area contributed by atoms with Crippen LogP contribution >= 0.6 is 0 Å². The van der Waals surface area contributed by atoms with Crippen LogP contribution in [0.5, 0.6) is 6.01 Å². The van der Waals surface area contributed by atoms with Crippen LogP contribution in [0.2, 0.25) is 0 Å². The lowest BCUT2D eigenvalue weighted by atomic mass is 10.3. The largest absolute Gasteiger partial charge is 0.462 e. The number of fused-ring (bicyclic) bond motifs is 1.